The number of nitrogens with one attached hydrogen (secondary N) is 2. The largest absolute Gasteiger partial charge is 0.389 e. The Morgan fingerprint density at radius 3 is 2.59 bits per heavy atom. The molecule has 22 heavy (non-hydrogen) atoms. The molecule has 1 aromatic rings. The number of piperidine rings is 1. The second-order valence-electron chi connectivity index (χ2n) is 5.88. The zero-order valence-electron chi connectivity index (χ0n) is 12.5. The molecule has 2 atom stereocenters. The van der Waals surface area contributed by atoms with Crippen molar-refractivity contribution in [3.05, 3.63) is 29.8 Å². The van der Waals surface area contributed by atoms with Crippen molar-refractivity contribution in [2.45, 2.75) is 44.8 Å². The predicted octanol–water partition coefficient (Wildman–Crippen LogP) is 3.51. The molecule has 2 rings (SSSR count). The lowest BCUT2D eigenvalue weighted by atomic mass is 9.92. The molecular formula is C16H21F3N2O. The summed E-state index contributed by atoms with van der Waals surface area (Å²) in [5.74, 6) is -0.0300. The van der Waals surface area contributed by atoms with Crippen molar-refractivity contribution in [2.75, 3.05) is 11.9 Å². The van der Waals surface area contributed by atoms with E-state index in [2.05, 4.69) is 17.6 Å². The summed E-state index contributed by atoms with van der Waals surface area (Å²) < 4.78 is 36.5. The number of halogens is 3. The van der Waals surface area contributed by atoms with E-state index in [1.54, 1.807) is 24.3 Å². The van der Waals surface area contributed by atoms with Gasteiger partial charge in [0.2, 0.25) is 5.91 Å². The van der Waals surface area contributed by atoms with Gasteiger partial charge in [-0.2, -0.15) is 13.2 Å². The van der Waals surface area contributed by atoms with Crippen LogP contribution in [-0.2, 0) is 11.2 Å². The number of carbonyl (C=O) groups excluding carboxylic acids is 1. The zero-order valence-corrected chi connectivity index (χ0v) is 12.5. The third-order valence-corrected chi connectivity index (χ3v) is 3.91. The van der Waals surface area contributed by atoms with E-state index in [-0.39, 0.29) is 18.2 Å². The van der Waals surface area contributed by atoms with Crippen molar-refractivity contribution in [3.63, 3.8) is 0 Å². The van der Waals surface area contributed by atoms with Gasteiger partial charge < -0.3 is 10.6 Å². The van der Waals surface area contributed by atoms with Crippen molar-refractivity contribution in [1.82, 2.24) is 5.32 Å². The van der Waals surface area contributed by atoms with Gasteiger partial charge in [-0.3, -0.25) is 4.79 Å². The van der Waals surface area contributed by atoms with Crippen LogP contribution in [0.5, 0.6) is 0 Å². The Labute approximate surface area is 128 Å². The van der Waals surface area contributed by atoms with Gasteiger partial charge in [0.05, 0.1) is 0 Å². The van der Waals surface area contributed by atoms with Gasteiger partial charge in [0.1, 0.15) is 0 Å². The Hall–Kier alpha value is -1.56. The van der Waals surface area contributed by atoms with Gasteiger partial charge in [0.25, 0.3) is 0 Å². The minimum absolute atomic E-state index is 0.0128. The van der Waals surface area contributed by atoms with Crippen LogP contribution in [0.25, 0.3) is 0 Å². The molecule has 1 saturated heterocycles. The molecule has 0 saturated carbocycles. The highest BCUT2D eigenvalue weighted by Crippen LogP contribution is 2.23. The highest BCUT2D eigenvalue weighted by molar-refractivity contribution is 5.92. The number of alkyl halides is 3. The highest BCUT2D eigenvalue weighted by Gasteiger charge is 2.26. The summed E-state index contributed by atoms with van der Waals surface area (Å²) in [6.07, 6.45) is -3.40. The second kappa shape index (κ2) is 7.13. The molecule has 3 nitrogen and oxygen atoms in total. The van der Waals surface area contributed by atoms with Gasteiger partial charge >= 0.3 is 6.18 Å². The van der Waals surface area contributed by atoms with E-state index in [4.69, 9.17) is 0 Å². The Morgan fingerprint density at radius 1 is 1.32 bits per heavy atom. The topological polar surface area (TPSA) is 41.1 Å². The fraction of sp³-hybridized carbons (Fsp3) is 0.562. The van der Waals surface area contributed by atoms with Gasteiger partial charge in [0, 0.05) is 24.1 Å². The van der Waals surface area contributed by atoms with Crippen LogP contribution in [0, 0.1) is 5.92 Å². The summed E-state index contributed by atoms with van der Waals surface area (Å²) in [6.45, 7) is 2.88. The Morgan fingerprint density at radius 2 is 2.00 bits per heavy atom. The first-order valence-electron chi connectivity index (χ1n) is 7.53. The van der Waals surface area contributed by atoms with Crippen LogP contribution in [0.15, 0.2) is 24.3 Å². The molecule has 0 bridgehead atoms. The van der Waals surface area contributed by atoms with Crippen LogP contribution in [0.2, 0.25) is 0 Å². The summed E-state index contributed by atoms with van der Waals surface area (Å²) in [5.41, 5.74) is 1.25. The van der Waals surface area contributed by atoms with E-state index < -0.39 is 12.6 Å². The average Bonchev–Trinajstić information content (AvgIpc) is 2.46. The highest BCUT2D eigenvalue weighted by atomic mass is 19.4. The van der Waals surface area contributed by atoms with Crippen molar-refractivity contribution in [1.29, 1.82) is 0 Å². The summed E-state index contributed by atoms with van der Waals surface area (Å²) in [6, 6.07) is 6.91. The van der Waals surface area contributed by atoms with Gasteiger partial charge in [0.15, 0.2) is 0 Å². The molecule has 1 aromatic carbocycles. The maximum atomic E-state index is 12.2. The maximum Gasteiger partial charge on any atom is 0.389 e. The molecule has 1 aliphatic heterocycles. The minimum atomic E-state index is -4.14. The molecule has 122 valence electrons. The van der Waals surface area contributed by atoms with Crippen LogP contribution < -0.4 is 10.6 Å². The zero-order chi connectivity index (χ0) is 16.2. The smallest absolute Gasteiger partial charge is 0.326 e. The SMILES string of the molecule is C[C@H]1C[C@@H](C(=O)Nc2ccc(CCC(F)(F)F)cc2)CCN1. The molecule has 6 heteroatoms. The lowest BCUT2D eigenvalue weighted by molar-refractivity contribution is -0.134. The maximum absolute atomic E-state index is 12.2. The van der Waals surface area contributed by atoms with Crippen molar-refractivity contribution < 1.29 is 18.0 Å². The molecule has 0 unspecified atom stereocenters. The van der Waals surface area contributed by atoms with E-state index in [1.165, 1.54) is 0 Å². The minimum Gasteiger partial charge on any atom is -0.326 e. The molecule has 1 amide bonds. The Balaban J connectivity index is 1.86. The Kier molecular flexibility index (Phi) is 5.45. The molecular weight excluding hydrogens is 293 g/mol. The number of aryl methyl sites for hydroxylation is 1. The lowest BCUT2D eigenvalue weighted by Gasteiger charge is -2.27. The molecule has 0 spiro atoms. The number of hydrogen-bond donors (Lipinski definition) is 2. The fourth-order valence-corrected chi connectivity index (χ4v) is 2.66. The quantitative estimate of drug-likeness (QED) is 0.893. The number of hydrogen-bond acceptors (Lipinski definition) is 2. The number of carbonyl (C=O) groups is 1. The average molecular weight is 314 g/mol. The molecule has 0 aliphatic carbocycles. The van der Waals surface area contributed by atoms with Crippen LogP contribution in [0.3, 0.4) is 0 Å². The predicted molar refractivity (Wildman–Crippen MR) is 79.6 cm³/mol. The van der Waals surface area contributed by atoms with Gasteiger partial charge in [-0.05, 0) is 50.4 Å². The van der Waals surface area contributed by atoms with Crippen molar-refractivity contribution >= 4 is 11.6 Å². The normalized spacial score (nSPS) is 22.4. The van der Waals surface area contributed by atoms with E-state index in [0.29, 0.717) is 17.3 Å². The third kappa shape index (κ3) is 5.33. The second-order valence-corrected chi connectivity index (χ2v) is 5.88. The summed E-state index contributed by atoms with van der Waals surface area (Å²) in [7, 11) is 0. The summed E-state index contributed by atoms with van der Waals surface area (Å²) in [4.78, 5) is 12.2. The Bertz CT molecular complexity index is 499. The number of benzene rings is 1. The standard InChI is InChI=1S/C16H21F3N2O/c1-11-10-13(7-9-20-11)15(22)21-14-4-2-12(3-5-14)6-8-16(17,18)19/h2-5,11,13,20H,6-10H2,1H3,(H,21,22)/t11-,13-/m0/s1. The fourth-order valence-electron chi connectivity index (χ4n) is 2.66. The van der Waals surface area contributed by atoms with Crippen LogP contribution >= 0.6 is 0 Å². The number of amides is 1. The molecule has 1 fully saturated rings. The van der Waals surface area contributed by atoms with E-state index in [1.807, 2.05) is 0 Å². The first-order chi connectivity index (χ1) is 10.3. The van der Waals surface area contributed by atoms with E-state index >= 15 is 0 Å². The first-order valence-corrected chi connectivity index (χ1v) is 7.53. The summed E-state index contributed by atoms with van der Waals surface area (Å²) in [5, 5.41) is 6.14. The van der Waals surface area contributed by atoms with Gasteiger partial charge in [-0.15, -0.1) is 0 Å². The molecule has 1 aliphatic rings. The lowest BCUT2D eigenvalue weighted by Crippen LogP contribution is -2.40. The first kappa shape index (κ1) is 16.8. The van der Waals surface area contributed by atoms with Crippen LogP contribution in [0.1, 0.15) is 31.7 Å². The van der Waals surface area contributed by atoms with E-state index in [9.17, 15) is 18.0 Å². The molecule has 0 aromatic heterocycles. The van der Waals surface area contributed by atoms with Crippen LogP contribution in [-0.4, -0.2) is 24.7 Å². The van der Waals surface area contributed by atoms with Gasteiger partial charge in [-0.1, -0.05) is 12.1 Å². The van der Waals surface area contributed by atoms with Crippen molar-refractivity contribution in [3.8, 4) is 0 Å². The third-order valence-electron chi connectivity index (χ3n) is 3.91. The molecule has 0 radical (unpaired) electrons. The number of rotatable bonds is 4. The van der Waals surface area contributed by atoms with E-state index in [0.717, 1.165) is 19.4 Å². The monoisotopic (exact) mass is 314 g/mol. The van der Waals surface area contributed by atoms with Crippen LogP contribution in [0.4, 0.5) is 18.9 Å². The van der Waals surface area contributed by atoms with Gasteiger partial charge in [-0.25, -0.2) is 0 Å². The molecule has 2 N–H and O–H groups in total. The van der Waals surface area contributed by atoms with Crippen molar-refractivity contribution in [2.24, 2.45) is 5.92 Å². The molecule has 1 heterocycles. The number of anilines is 1. The summed E-state index contributed by atoms with van der Waals surface area (Å²) >= 11 is 0.